The van der Waals surface area contributed by atoms with Gasteiger partial charge in [0.15, 0.2) is 0 Å². The molecule has 1 atom stereocenters. The highest BCUT2D eigenvalue weighted by molar-refractivity contribution is 9.10. The maximum atomic E-state index is 13.6. The highest BCUT2D eigenvalue weighted by Crippen LogP contribution is 2.19. The Morgan fingerprint density at radius 3 is 2.53 bits per heavy atom. The second kappa shape index (κ2) is 8.58. The third-order valence-corrected chi connectivity index (χ3v) is 3.12. The predicted octanol–water partition coefficient (Wildman–Crippen LogP) is 2.44. The second-order valence-electron chi connectivity index (χ2n) is 4.33. The van der Waals surface area contributed by atoms with Crippen LogP contribution < -0.4 is 10.6 Å². The quantitative estimate of drug-likeness (QED) is 0.715. The van der Waals surface area contributed by atoms with Crippen LogP contribution in [-0.2, 0) is 11.3 Å². The van der Waals surface area contributed by atoms with Gasteiger partial charge in [-0.05, 0) is 19.1 Å². The molecule has 108 valence electrons. The number of nitrogens with one attached hydrogen (secondary N) is 2. The molecule has 0 amide bonds. The van der Waals surface area contributed by atoms with Crippen molar-refractivity contribution in [3.8, 4) is 0 Å². The summed E-state index contributed by atoms with van der Waals surface area (Å²) in [5.74, 6) is -1.09. The molecular weight excluding hydrogens is 318 g/mol. The van der Waals surface area contributed by atoms with Crippen molar-refractivity contribution >= 4 is 15.9 Å². The Kier molecular flexibility index (Phi) is 7.45. The van der Waals surface area contributed by atoms with Crippen molar-refractivity contribution in [2.24, 2.45) is 0 Å². The Morgan fingerprint density at radius 1 is 1.32 bits per heavy atom. The van der Waals surface area contributed by atoms with Crippen LogP contribution >= 0.6 is 15.9 Å². The average Bonchev–Trinajstić information content (AvgIpc) is 2.33. The van der Waals surface area contributed by atoms with Gasteiger partial charge in [-0.1, -0.05) is 15.9 Å². The van der Waals surface area contributed by atoms with E-state index in [1.807, 2.05) is 6.92 Å². The third-order valence-electron chi connectivity index (χ3n) is 2.67. The zero-order chi connectivity index (χ0) is 14.3. The minimum Gasteiger partial charge on any atom is -0.383 e. The molecule has 0 saturated heterocycles. The first-order valence-corrected chi connectivity index (χ1v) is 6.90. The Morgan fingerprint density at radius 2 is 1.95 bits per heavy atom. The number of hydrogen-bond donors (Lipinski definition) is 2. The highest BCUT2D eigenvalue weighted by Gasteiger charge is 2.11. The maximum absolute atomic E-state index is 13.6. The molecule has 0 fully saturated rings. The standard InChI is InChI=1S/C13H19BrF2N2O/c1-9(7-17-3-4-19-2)18-8-11-12(15)5-10(14)6-13(11)16/h5-6,9,17-18H,3-4,7-8H2,1-2H3. The Hall–Kier alpha value is -0.560. The fraction of sp³-hybridized carbons (Fsp3) is 0.538. The van der Waals surface area contributed by atoms with Crippen LogP contribution in [0.1, 0.15) is 12.5 Å². The minimum absolute atomic E-state index is 0.0620. The summed E-state index contributed by atoms with van der Waals surface area (Å²) >= 11 is 3.05. The first kappa shape index (κ1) is 16.5. The van der Waals surface area contributed by atoms with Crippen LogP contribution in [0.2, 0.25) is 0 Å². The zero-order valence-electron chi connectivity index (χ0n) is 11.1. The molecule has 0 aliphatic carbocycles. The first-order valence-electron chi connectivity index (χ1n) is 6.11. The molecule has 0 spiro atoms. The number of ether oxygens (including phenoxy) is 1. The molecule has 0 bridgehead atoms. The van der Waals surface area contributed by atoms with Crippen molar-refractivity contribution in [1.29, 1.82) is 0 Å². The van der Waals surface area contributed by atoms with Crippen molar-refractivity contribution in [3.63, 3.8) is 0 Å². The molecule has 0 aliphatic rings. The molecule has 19 heavy (non-hydrogen) atoms. The van der Waals surface area contributed by atoms with Gasteiger partial charge in [0.2, 0.25) is 0 Å². The van der Waals surface area contributed by atoms with Gasteiger partial charge in [0, 0.05) is 42.8 Å². The maximum Gasteiger partial charge on any atom is 0.131 e. The fourth-order valence-corrected chi connectivity index (χ4v) is 1.98. The van der Waals surface area contributed by atoms with Crippen molar-refractivity contribution in [1.82, 2.24) is 10.6 Å². The van der Waals surface area contributed by atoms with Gasteiger partial charge in [0.1, 0.15) is 11.6 Å². The van der Waals surface area contributed by atoms with E-state index in [1.54, 1.807) is 7.11 Å². The van der Waals surface area contributed by atoms with E-state index in [4.69, 9.17) is 4.74 Å². The van der Waals surface area contributed by atoms with Gasteiger partial charge >= 0.3 is 0 Å². The second-order valence-corrected chi connectivity index (χ2v) is 5.24. The summed E-state index contributed by atoms with van der Waals surface area (Å²) in [6, 6.07) is 2.64. The smallest absolute Gasteiger partial charge is 0.131 e. The average molecular weight is 337 g/mol. The van der Waals surface area contributed by atoms with Crippen LogP contribution in [0.25, 0.3) is 0 Å². The molecular formula is C13H19BrF2N2O. The number of methoxy groups -OCH3 is 1. The van der Waals surface area contributed by atoms with Gasteiger partial charge < -0.3 is 15.4 Å². The van der Waals surface area contributed by atoms with Crippen LogP contribution in [0.15, 0.2) is 16.6 Å². The number of benzene rings is 1. The van der Waals surface area contributed by atoms with Crippen LogP contribution in [0.5, 0.6) is 0 Å². The van der Waals surface area contributed by atoms with Gasteiger partial charge in [-0.15, -0.1) is 0 Å². The molecule has 3 nitrogen and oxygen atoms in total. The number of rotatable bonds is 8. The fourth-order valence-electron chi connectivity index (χ4n) is 1.58. The molecule has 1 rings (SSSR count). The first-order chi connectivity index (χ1) is 9.04. The molecule has 0 saturated carbocycles. The monoisotopic (exact) mass is 336 g/mol. The molecule has 1 aromatic carbocycles. The lowest BCUT2D eigenvalue weighted by Gasteiger charge is -2.15. The molecule has 0 aliphatic heterocycles. The van der Waals surface area contributed by atoms with Crippen LogP contribution in [0.4, 0.5) is 8.78 Å². The largest absolute Gasteiger partial charge is 0.383 e. The van der Waals surface area contributed by atoms with Gasteiger partial charge in [-0.25, -0.2) is 8.78 Å². The highest BCUT2D eigenvalue weighted by atomic mass is 79.9. The Bertz CT molecular complexity index is 381. The Balaban J connectivity index is 2.40. The van der Waals surface area contributed by atoms with E-state index < -0.39 is 11.6 Å². The van der Waals surface area contributed by atoms with E-state index in [-0.39, 0.29) is 18.2 Å². The summed E-state index contributed by atoms with van der Waals surface area (Å²) in [6.07, 6.45) is 0. The van der Waals surface area contributed by atoms with Crippen molar-refractivity contribution in [2.45, 2.75) is 19.5 Å². The van der Waals surface area contributed by atoms with Crippen LogP contribution in [-0.4, -0.2) is 32.8 Å². The lowest BCUT2D eigenvalue weighted by Crippen LogP contribution is -2.37. The van der Waals surface area contributed by atoms with E-state index in [9.17, 15) is 8.78 Å². The Labute approximate surface area is 120 Å². The van der Waals surface area contributed by atoms with E-state index in [0.717, 1.165) is 6.54 Å². The summed E-state index contributed by atoms with van der Waals surface area (Å²) in [5, 5.41) is 6.26. The molecule has 6 heteroatoms. The van der Waals surface area contributed by atoms with Gasteiger partial charge in [-0.3, -0.25) is 0 Å². The van der Waals surface area contributed by atoms with E-state index in [2.05, 4.69) is 26.6 Å². The van der Waals surface area contributed by atoms with Gasteiger partial charge in [0.25, 0.3) is 0 Å². The summed E-state index contributed by atoms with van der Waals surface area (Å²) in [4.78, 5) is 0. The third kappa shape index (κ3) is 5.95. The molecule has 0 aromatic heterocycles. The van der Waals surface area contributed by atoms with E-state index >= 15 is 0 Å². The number of halogens is 3. The van der Waals surface area contributed by atoms with E-state index in [1.165, 1.54) is 12.1 Å². The summed E-state index contributed by atoms with van der Waals surface area (Å²) in [7, 11) is 1.64. The van der Waals surface area contributed by atoms with Crippen LogP contribution in [0, 0.1) is 11.6 Å². The van der Waals surface area contributed by atoms with Crippen molar-refractivity contribution in [3.05, 3.63) is 33.8 Å². The van der Waals surface area contributed by atoms with Crippen LogP contribution in [0.3, 0.4) is 0 Å². The molecule has 0 radical (unpaired) electrons. The summed E-state index contributed by atoms with van der Waals surface area (Å²) in [6.45, 7) is 4.22. The van der Waals surface area contributed by atoms with Gasteiger partial charge in [0.05, 0.1) is 6.61 Å². The summed E-state index contributed by atoms with van der Waals surface area (Å²) < 4.78 is 32.5. The summed E-state index contributed by atoms with van der Waals surface area (Å²) in [5.41, 5.74) is 0.0620. The molecule has 2 N–H and O–H groups in total. The topological polar surface area (TPSA) is 33.3 Å². The predicted molar refractivity (Wildman–Crippen MR) is 75.1 cm³/mol. The normalized spacial score (nSPS) is 12.7. The SMILES string of the molecule is COCCNCC(C)NCc1c(F)cc(Br)cc1F. The van der Waals surface area contributed by atoms with Gasteiger partial charge in [-0.2, -0.15) is 0 Å². The van der Waals surface area contributed by atoms with E-state index in [0.29, 0.717) is 17.6 Å². The van der Waals surface area contributed by atoms with Crippen molar-refractivity contribution < 1.29 is 13.5 Å². The minimum atomic E-state index is -0.543. The number of hydrogen-bond acceptors (Lipinski definition) is 3. The lowest BCUT2D eigenvalue weighted by atomic mass is 10.2. The molecule has 0 heterocycles. The lowest BCUT2D eigenvalue weighted by molar-refractivity contribution is 0.198. The van der Waals surface area contributed by atoms with Crippen molar-refractivity contribution in [2.75, 3.05) is 26.8 Å². The molecule has 1 aromatic rings. The molecule has 1 unspecified atom stereocenters. The zero-order valence-corrected chi connectivity index (χ0v) is 12.7.